The molecular weight excluding hydrogens is 336 g/mol. The van der Waals surface area contributed by atoms with E-state index in [-0.39, 0.29) is 24.1 Å². The van der Waals surface area contributed by atoms with Gasteiger partial charge in [0.15, 0.2) is 0 Å². The Morgan fingerprint density at radius 2 is 1.88 bits per heavy atom. The third kappa shape index (κ3) is 3.97. The van der Waals surface area contributed by atoms with E-state index in [0.29, 0.717) is 6.42 Å². The van der Waals surface area contributed by atoms with Gasteiger partial charge in [0.05, 0.1) is 6.04 Å². The van der Waals surface area contributed by atoms with Gasteiger partial charge in [-0.05, 0) is 73.6 Å². The monoisotopic (exact) mass is 360 g/mol. The van der Waals surface area contributed by atoms with E-state index in [1.54, 1.807) is 12.1 Å². The Hall–Kier alpha value is -2.04. The summed E-state index contributed by atoms with van der Waals surface area (Å²) in [7, 11) is 0. The van der Waals surface area contributed by atoms with Crippen LogP contribution in [-0.4, -0.2) is 23.6 Å². The number of halogens is 1. The molecule has 1 heterocycles. The van der Waals surface area contributed by atoms with Crippen molar-refractivity contribution in [2.24, 2.45) is 5.73 Å². The summed E-state index contributed by atoms with van der Waals surface area (Å²) in [6, 6.07) is 10.9. The lowest BCUT2D eigenvalue weighted by Gasteiger charge is -2.31. The summed E-state index contributed by atoms with van der Waals surface area (Å²) in [5.41, 5.74) is 11.4. The van der Waals surface area contributed by atoms with E-state index in [1.807, 2.05) is 36.9 Å². The highest BCUT2D eigenvalue weighted by atomic mass is 35.5. The Balaban J connectivity index is 0.00000225. The standard InChI is InChI=1S/C20H24N2O2.ClH/c1-13-10-16(23)11-14(2)17(13)12-18(21)20(24)22-9-5-7-15-6-3-4-8-19(15)22;/h3-4,6,8,10-11,18,23H,5,7,9,12,21H2,1-2H3;1H/t18-;/m1./s1. The molecular formula is C20H25ClN2O2. The number of carbonyl (C=O) groups excluding carboxylic acids is 1. The molecule has 2 aromatic rings. The van der Waals surface area contributed by atoms with Gasteiger partial charge in [0.25, 0.3) is 0 Å². The summed E-state index contributed by atoms with van der Waals surface area (Å²) in [4.78, 5) is 14.7. The first-order chi connectivity index (χ1) is 11.5. The van der Waals surface area contributed by atoms with Gasteiger partial charge in [-0.3, -0.25) is 4.79 Å². The number of para-hydroxylation sites is 1. The average molecular weight is 361 g/mol. The molecule has 2 aromatic carbocycles. The van der Waals surface area contributed by atoms with Crippen molar-refractivity contribution >= 4 is 24.0 Å². The van der Waals surface area contributed by atoms with Crippen LogP contribution in [-0.2, 0) is 17.6 Å². The Bertz CT molecular complexity index is 753. The van der Waals surface area contributed by atoms with E-state index in [1.165, 1.54) is 5.56 Å². The van der Waals surface area contributed by atoms with Crippen LogP contribution in [0.3, 0.4) is 0 Å². The van der Waals surface area contributed by atoms with E-state index >= 15 is 0 Å². The highest BCUT2D eigenvalue weighted by molar-refractivity contribution is 5.98. The maximum absolute atomic E-state index is 12.9. The predicted octanol–water partition coefficient (Wildman–Crippen LogP) is 3.28. The highest BCUT2D eigenvalue weighted by Crippen LogP contribution is 2.28. The van der Waals surface area contributed by atoms with Crippen molar-refractivity contribution in [3.8, 4) is 5.75 Å². The fourth-order valence-electron chi connectivity index (χ4n) is 3.56. The normalized spacial score (nSPS) is 14.4. The second-order valence-electron chi connectivity index (χ2n) is 6.59. The molecule has 5 heteroatoms. The van der Waals surface area contributed by atoms with E-state index in [2.05, 4.69) is 6.07 Å². The molecule has 1 atom stereocenters. The number of carbonyl (C=O) groups is 1. The van der Waals surface area contributed by atoms with Gasteiger partial charge in [-0.2, -0.15) is 0 Å². The van der Waals surface area contributed by atoms with Crippen molar-refractivity contribution in [1.29, 1.82) is 0 Å². The summed E-state index contributed by atoms with van der Waals surface area (Å²) in [6.07, 6.45) is 2.45. The average Bonchev–Trinajstić information content (AvgIpc) is 2.56. The molecule has 3 rings (SSSR count). The number of benzene rings is 2. The lowest BCUT2D eigenvalue weighted by Crippen LogP contribution is -2.47. The van der Waals surface area contributed by atoms with Crippen LogP contribution in [0.15, 0.2) is 36.4 Å². The molecule has 0 radical (unpaired) electrons. The fourth-order valence-corrected chi connectivity index (χ4v) is 3.56. The number of fused-ring (bicyclic) bond motifs is 1. The molecule has 0 saturated carbocycles. The van der Waals surface area contributed by atoms with Crippen LogP contribution >= 0.6 is 12.4 Å². The molecule has 1 amide bonds. The first kappa shape index (κ1) is 19.3. The largest absolute Gasteiger partial charge is 0.508 e. The van der Waals surface area contributed by atoms with Crippen LogP contribution < -0.4 is 10.6 Å². The second kappa shape index (κ2) is 7.89. The summed E-state index contributed by atoms with van der Waals surface area (Å²) in [5.74, 6) is 0.215. The molecule has 134 valence electrons. The molecule has 0 bridgehead atoms. The first-order valence-corrected chi connectivity index (χ1v) is 8.41. The van der Waals surface area contributed by atoms with Crippen LogP contribution in [0.1, 0.15) is 28.7 Å². The lowest BCUT2D eigenvalue weighted by molar-refractivity contribution is -0.119. The zero-order chi connectivity index (χ0) is 17.3. The molecule has 0 aliphatic carbocycles. The molecule has 0 unspecified atom stereocenters. The number of hydrogen-bond donors (Lipinski definition) is 2. The molecule has 0 spiro atoms. The van der Waals surface area contributed by atoms with Gasteiger partial charge < -0.3 is 15.7 Å². The minimum Gasteiger partial charge on any atom is -0.508 e. The Morgan fingerprint density at radius 3 is 2.56 bits per heavy atom. The number of amides is 1. The number of hydrogen-bond acceptors (Lipinski definition) is 3. The van der Waals surface area contributed by atoms with Gasteiger partial charge in [-0.15, -0.1) is 12.4 Å². The number of rotatable bonds is 3. The van der Waals surface area contributed by atoms with Crippen LogP contribution in [0.2, 0.25) is 0 Å². The molecule has 1 aliphatic heterocycles. The van der Waals surface area contributed by atoms with Crippen molar-refractivity contribution in [1.82, 2.24) is 0 Å². The lowest BCUT2D eigenvalue weighted by atomic mass is 9.94. The summed E-state index contributed by atoms with van der Waals surface area (Å²) in [6.45, 7) is 4.60. The first-order valence-electron chi connectivity index (χ1n) is 8.41. The van der Waals surface area contributed by atoms with Gasteiger partial charge in [0.1, 0.15) is 5.75 Å². The number of nitrogens with two attached hydrogens (primary N) is 1. The van der Waals surface area contributed by atoms with E-state index in [0.717, 1.165) is 41.8 Å². The van der Waals surface area contributed by atoms with E-state index in [4.69, 9.17) is 5.73 Å². The Labute approximate surface area is 155 Å². The quantitative estimate of drug-likeness (QED) is 0.882. The minimum absolute atomic E-state index is 0. The van der Waals surface area contributed by atoms with Gasteiger partial charge >= 0.3 is 0 Å². The van der Waals surface area contributed by atoms with Crippen molar-refractivity contribution in [2.75, 3.05) is 11.4 Å². The molecule has 25 heavy (non-hydrogen) atoms. The van der Waals surface area contributed by atoms with Gasteiger partial charge in [0, 0.05) is 12.2 Å². The number of anilines is 1. The third-order valence-corrected chi connectivity index (χ3v) is 4.80. The van der Waals surface area contributed by atoms with Crippen LogP contribution in [0.4, 0.5) is 5.69 Å². The van der Waals surface area contributed by atoms with Gasteiger partial charge in [-0.1, -0.05) is 18.2 Å². The van der Waals surface area contributed by atoms with Crippen molar-refractivity contribution < 1.29 is 9.90 Å². The maximum atomic E-state index is 12.9. The number of nitrogens with zero attached hydrogens (tertiary/aromatic N) is 1. The van der Waals surface area contributed by atoms with Crippen LogP contribution in [0.5, 0.6) is 5.75 Å². The van der Waals surface area contributed by atoms with E-state index in [9.17, 15) is 9.90 Å². The molecule has 0 saturated heterocycles. The number of phenolic OH excluding ortho intramolecular Hbond substituents is 1. The van der Waals surface area contributed by atoms with Crippen LogP contribution in [0, 0.1) is 13.8 Å². The summed E-state index contributed by atoms with van der Waals surface area (Å²) in [5, 5.41) is 9.67. The number of phenols is 1. The zero-order valence-electron chi connectivity index (χ0n) is 14.7. The maximum Gasteiger partial charge on any atom is 0.244 e. The SMILES string of the molecule is Cc1cc(O)cc(C)c1C[C@@H](N)C(=O)N1CCCc2ccccc21.Cl. The van der Waals surface area contributed by atoms with Crippen molar-refractivity contribution in [2.45, 2.75) is 39.2 Å². The van der Waals surface area contributed by atoms with Crippen LogP contribution in [0.25, 0.3) is 0 Å². The third-order valence-electron chi connectivity index (χ3n) is 4.80. The van der Waals surface area contributed by atoms with Gasteiger partial charge in [-0.25, -0.2) is 0 Å². The Kier molecular flexibility index (Phi) is 6.09. The number of aryl methyl sites for hydroxylation is 3. The molecule has 1 aliphatic rings. The predicted molar refractivity (Wildman–Crippen MR) is 104 cm³/mol. The summed E-state index contributed by atoms with van der Waals surface area (Å²) >= 11 is 0. The molecule has 0 fully saturated rings. The highest BCUT2D eigenvalue weighted by Gasteiger charge is 2.27. The molecule has 4 nitrogen and oxygen atoms in total. The summed E-state index contributed by atoms with van der Waals surface area (Å²) < 4.78 is 0. The topological polar surface area (TPSA) is 66.6 Å². The zero-order valence-corrected chi connectivity index (χ0v) is 15.5. The van der Waals surface area contributed by atoms with Crippen molar-refractivity contribution in [3.05, 3.63) is 58.7 Å². The second-order valence-corrected chi connectivity index (χ2v) is 6.59. The molecule has 0 aromatic heterocycles. The van der Waals surface area contributed by atoms with E-state index < -0.39 is 6.04 Å². The van der Waals surface area contributed by atoms with Crippen molar-refractivity contribution in [3.63, 3.8) is 0 Å². The van der Waals surface area contributed by atoms with Gasteiger partial charge in [0.2, 0.25) is 5.91 Å². The smallest absolute Gasteiger partial charge is 0.244 e. The Morgan fingerprint density at radius 1 is 1.24 bits per heavy atom. The fraction of sp³-hybridized carbons (Fsp3) is 0.350. The number of aromatic hydroxyl groups is 1. The molecule has 3 N–H and O–H groups in total. The minimum atomic E-state index is -0.585.